The molecule has 0 fully saturated rings. The number of carbonyl (C=O) groups excluding carboxylic acids is 1. The van der Waals surface area contributed by atoms with Gasteiger partial charge in [-0.3, -0.25) is 4.79 Å². The van der Waals surface area contributed by atoms with Crippen LogP contribution < -0.4 is 4.74 Å². The second kappa shape index (κ2) is 6.43. The van der Waals surface area contributed by atoms with E-state index in [4.69, 9.17) is 16.3 Å². The maximum absolute atomic E-state index is 12.8. The van der Waals surface area contributed by atoms with Crippen LogP contribution in [0.1, 0.15) is 15.9 Å². The Morgan fingerprint density at radius 2 is 1.72 bits per heavy atom. The van der Waals surface area contributed by atoms with Crippen molar-refractivity contribution in [1.29, 1.82) is 0 Å². The van der Waals surface area contributed by atoms with Crippen LogP contribution in [0.3, 0.4) is 0 Å². The zero-order valence-corrected chi connectivity index (χ0v) is 15.7. The average molecular weight is 404 g/mol. The second-order valence-corrected chi connectivity index (χ2v) is 7.15. The molecule has 1 aliphatic rings. The lowest BCUT2D eigenvalue weighted by Gasteiger charge is -2.04. The molecule has 0 bridgehead atoms. The number of aromatic nitrogens is 1. The van der Waals surface area contributed by atoms with Crippen molar-refractivity contribution in [3.8, 4) is 28.5 Å². The van der Waals surface area contributed by atoms with E-state index in [0.29, 0.717) is 5.02 Å². The minimum atomic E-state index is -0.448. The summed E-state index contributed by atoms with van der Waals surface area (Å²) in [6.45, 7) is 0. The number of allylic oxidation sites excluding steroid dienone is 1. The summed E-state index contributed by atoms with van der Waals surface area (Å²) in [6.07, 6.45) is 1.65. The summed E-state index contributed by atoms with van der Waals surface area (Å²) in [6, 6.07) is 17.8. The van der Waals surface area contributed by atoms with Crippen molar-refractivity contribution in [3.63, 3.8) is 0 Å². The number of halogens is 1. The first-order valence-electron chi connectivity index (χ1n) is 8.89. The zero-order valence-electron chi connectivity index (χ0n) is 14.9. The van der Waals surface area contributed by atoms with Gasteiger partial charge in [0.25, 0.3) is 0 Å². The standard InChI is InChI=1S/C23H14ClNO4/c24-13-7-5-12(6-8-13)20-16(14-3-1-2-4-17(14)25-20)11-19-21(27)15-9-10-18(26)22(28)23(15)29-19/h1-11,25-26,28H/b19-11-. The molecule has 6 heteroatoms. The number of hydrogen-bond acceptors (Lipinski definition) is 4. The number of rotatable bonds is 2. The normalized spacial score (nSPS) is 14.4. The van der Waals surface area contributed by atoms with Gasteiger partial charge in [-0.05, 0) is 42.0 Å². The number of ether oxygens (including phenoxy) is 1. The van der Waals surface area contributed by atoms with Gasteiger partial charge < -0.3 is 19.9 Å². The van der Waals surface area contributed by atoms with Crippen molar-refractivity contribution in [2.75, 3.05) is 0 Å². The van der Waals surface area contributed by atoms with Gasteiger partial charge in [-0.15, -0.1) is 0 Å². The Morgan fingerprint density at radius 1 is 0.966 bits per heavy atom. The van der Waals surface area contributed by atoms with Crippen LogP contribution in [-0.2, 0) is 0 Å². The number of carbonyl (C=O) groups is 1. The van der Waals surface area contributed by atoms with E-state index in [9.17, 15) is 15.0 Å². The van der Waals surface area contributed by atoms with Crippen LogP contribution in [0.25, 0.3) is 28.2 Å². The van der Waals surface area contributed by atoms with E-state index in [1.807, 2.05) is 36.4 Å². The molecule has 29 heavy (non-hydrogen) atoms. The summed E-state index contributed by atoms with van der Waals surface area (Å²) in [5, 5.41) is 21.3. The van der Waals surface area contributed by atoms with Gasteiger partial charge in [0.1, 0.15) is 0 Å². The largest absolute Gasteiger partial charge is 0.504 e. The molecule has 3 N–H and O–H groups in total. The molecule has 0 saturated carbocycles. The average Bonchev–Trinajstić information content (AvgIpc) is 3.25. The molecule has 5 nitrogen and oxygen atoms in total. The Kier molecular flexibility index (Phi) is 3.86. The Morgan fingerprint density at radius 3 is 2.52 bits per heavy atom. The van der Waals surface area contributed by atoms with E-state index < -0.39 is 5.75 Å². The summed E-state index contributed by atoms with van der Waals surface area (Å²) >= 11 is 6.02. The highest BCUT2D eigenvalue weighted by molar-refractivity contribution is 6.30. The predicted octanol–water partition coefficient (Wildman–Crippen LogP) is 5.52. The summed E-state index contributed by atoms with van der Waals surface area (Å²) in [5.74, 6) is -1.11. The Hall–Kier alpha value is -3.70. The molecule has 0 saturated heterocycles. The van der Waals surface area contributed by atoms with Gasteiger partial charge in [-0.1, -0.05) is 41.9 Å². The van der Waals surface area contributed by atoms with Crippen LogP contribution >= 0.6 is 11.6 Å². The van der Waals surface area contributed by atoms with Crippen LogP contribution in [0.5, 0.6) is 17.2 Å². The van der Waals surface area contributed by atoms with Gasteiger partial charge >= 0.3 is 0 Å². The van der Waals surface area contributed by atoms with Crippen LogP contribution in [-0.4, -0.2) is 21.0 Å². The van der Waals surface area contributed by atoms with Crippen molar-refractivity contribution in [2.45, 2.75) is 0 Å². The quantitative estimate of drug-likeness (QED) is 0.304. The van der Waals surface area contributed by atoms with Gasteiger partial charge in [-0.25, -0.2) is 0 Å². The molecule has 0 amide bonds. The smallest absolute Gasteiger partial charge is 0.232 e. The number of ketones is 1. The first-order valence-corrected chi connectivity index (χ1v) is 9.26. The third kappa shape index (κ3) is 2.75. The number of hydrogen-bond donors (Lipinski definition) is 3. The predicted molar refractivity (Wildman–Crippen MR) is 111 cm³/mol. The fourth-order valence-corrected chi connectivity index (χ4v) is 3.64. The van der Waals surface area contributed by atoms with Crippen molar-refractivity contribution in [1.82, 2.24) is 4.98 Å². The number of Topliss-reactive ketones (excluding diaryl/α,β-unsaturated/α-hetero) is 1. The molecule has 1 aliphatic heterocycles. The fraction of sp³-hybridized carbons (Fsp3) is 0. The summed E-state index contributed by atoms with van der Waals surface area (Å²) in [5.41, 5.74) is 3.62. The molecule has 0 unspecified atom stereocenters. The first kappa shape index (κ1) is 17.4. The molecule has 1 aromatic heterocycles. The summed E-state index contributed by atoms with van der Waals surface area (Å²) < 4.78 is 5.63. The Bertz CT molecular complexity index is 1320. The van der Waals surface area contributed by atoms with Crippen LogP contribution in [0.2, 0.25) is 5.02 Å². The van der Waals surface area contributed by atoms with Gasteiger partial charge in [-0.2, -0.15) is 0 Å². The molecule has 0 aliphatic carbocycles. The molecule has 0 atom stereocenters. The third-order valence-electron chi connectivity index (χ3n) is 4.95. The molecule has 4 aromatic rings. The number of aromatic amines is 1. The molecule has 2 heterocycles. The van der Waals surface area contributed by atoms with E-state index in [0.717, 1.165) is 27.7 Å². The minimum Gasteiger partial charge on any atom is -0.504 e. The van der Waals surface area contributed by atoms with Gasteiger partial charge in [0.05, 0.1) is 11.3 Å². The van der Waals surface area contributed by atoms with Gasteiger partial charge in [0, 0.05) is 21.5 Å². The third-order valence-corrected chi connectivity index (χ3v) is 5.20. The maximum Gasteiger partial charge on any atom is 0.232 e. The SMILES string of the molecule is O=C1/C(=C/c2c(-c3ccc(Cl)cc3)[nH]c3ccccc23)Oc2c1ccc(O)c2O. The highest BCUT2D eigenvalue weighted by Crippen LogP contribution is 2.44. The number of benzene rings is 3. The topological polar surface area (TPSA) is 82.6 Å². The van der Waals surface area contributed by atoms with Crippen molar-refractivity contribution in [3.05, 3.63) is 82.6 Å². The molecule has 5 rings (SSSR count). The maximum atomic E-state index is 12.8. The van der Waals surface area contributed by atoms with Crippen molar-refractivity contribution in [2.24, 2.45) is 0 Å². The monoisotopic (exact) mass is 403 g/mol. The second-order valence-electron chi connectivity index (χ2n) is 6.72. The van der Waals surface area contributed by atoms with Gasteiger partial charge in [0.2, 0.25) is 11.5 Å². The number of H-pyrrole nitrogens is 1. The van der Waals surface area contributed by atoms with Crippen molar-refractivity contribution >= 4 is 34.4 Å². The lowest BCUT2D eigenvalue weighted by Crippen LogP contribution is -1.98. The van der Waals surface area contributed by atoms with E-state index in [1.165, 1.54) is 12.1 Å². The molecular weight excluding hydrogens is 390 g/mol. The molecule has 0 radical (unpaired) electrons. The lowest BCUT2D eigenvalue weighted by atomic mass is 10.0. The highest BCUT2D eigenvalue weighted by Gasteiger charge is 2.31. The molecule has 0 spiro atoms. The number of phenols is 2. The van der Waals surface area contributed by atoms with Gasteiger partial charge in [0.15, 0.2) is 17.3 Å². The van der Waals surface area contributed by atoms with E-state index in [2.05, 4.69) is 4.98 Å². The van der Waals surface area contributed by atoms with Crippen molar-refractivity contribution < 1.29 is 19.7 Å². The molecular formula is C23H14ClNO4. The number of aromatic hydroxyl groups is 2. The summed E-state index contributed by atoms with van der Waals surface area (Å²) in [4.78, 5) is 16.2. The zero-order chi connectivity index (χ0) is 20.1. The molecule has 142 valence electrons. The highest BCUT2D eigenvalue weighted by atomic mass is 35.5. The lowest BCUT2D eigenvalue weighted by molar-refractivity contribution is 0.101. The van der Waals surface area contributed by atoms with E-state index in [-0.39, 0.29) is 28.6 Å². The summed E-state index contributed by atoms with van der Waals surface area (Å²) in [7, 11) is 0. The Labute approximate surface area is 170 Å². The Balaban J connectivity index is 1.69. The number of fused-ring (bicyclic) bond motifs is 2. The molecule has 3 aromatic carbocycles. The van der Waals surface area contributed by atoms with E-state index >= 15 is 0 Å². The first-order chi connectivity index (χ1) is 14.0. The number of phenolic OH excluding ortho intramolecular Hbond substituents is 2. The van der Waals surface area contributed by atoms with Crippen LogP contribution in [0, 0.1) is 0 Å². The van der Waals surface area contributed by atoms with Crippen LogP contribution in [0.4, 0.5) is 0 Å². The number of nitrogens with one attached hydrogen (secondary N) is 1. The fourth-order valence-electron chi connectivity index (χ4n) is 3.52. The number of para-hydroxylation sites is 1. The van der Waals surface area contributed by atoms with E-state index in [1.54, 1.807) is 18.2 Å². The minimum absolute atomic E-state index is 0.0332. The van der Waals surface area contributed by atoms with Crippen LogP contribution in [0.15, 0.2) is 66.4 Å².